The molecule has 3 rings (SSSR count). The third-order valence-corrected chi connectivity index (χ3v) is 5.34. The summed E-state index contributed by atoms with van der Waals surface area (Å²) in [5.74, 6) is 0.320. The second kappa shape index (κ2) is 8.57. The van der Waals surface area contributed by atoms with E-state index in [0.29, 0.717) is 49.0 Å². The molecule has 0 atom stereocenters. The van der Waals surface area contributed by atoms with E-state index in [2.05, 4.69) is 10.6 Å². The monoisotopic (exact) mass is 418 g/mol. The van der Waals surface area contributed by atoms with E-state index in [1.54, 1.807) is 24.3 Å². The molecular weight excluding hydrogens is 396 g/mol. The third kappa shape index (κ3) is 5.51. The van der Waals surface area contributed by atoms with Crippen LogP contribution in [0, 0.1) is 5.41 Å². The third-order valence-electron chi connectivity index (χ3n) is 4.41. The zero-order valence-corrected chi connectivity index (χ0v) is 16.3. The van der Waals surface area contributed by atoms with E-state index in [1.165, 1.54) is 29.3 Å². The molecule has 0 saturated carbocycles. The highest BCUT2D eigenvalue weighted by atomic mass is 32.2. The minimum Gasteiger partial charge on any atom is -0.354 e. The van der Waals surface area contributed by atoms with Gasteiger partial charge in [-0.1, -0.05) is 12.1 Å². The Kier molecular flexibility index (Phi) is 6.13. The fourth-order valence-corrected chi connectivity index (χ4v) is 3.38. The summed E-state index contributed by atoms with van der Waals surface area (Å²) >= 11 is 0. The molecule has 2 aromatic carbocycles. The van der Waals surface area contributed by atoms with Crippen LogP contribution in [0.15, 0.2) is 53.4 Å². The van der Waals surface area contributed by atoms with Crippen molar-refractivity contribution < 1.29 is 18.4 Å². The summed E-state index contributed by atoms with van der Waals surface area (Å²) in [7, 11) is -3.79. The number of hydrogen-bond donors (Lipinski definition) is 5. The van der Waals surface area contributed by atoms with Gasteiger partial charge in [-0.05, 0) is 36.4 Å². The molecule has 6 N–H and O–H groups in total. The van der Waals surface area contributed by atoms with Crippen LogP contribution >= 0.6 is 0 Å². The number of nitrogens with one attached hydrogen (secondary N) is 3. The number of hydroxylamine groups is 2. The first-order chi connectivity index (χ1) is 13.7. The normalized spacial score (nSPS) is 15.0. The number of benzene rings is 2. The van der Waals surface area contributed by atoms with Crippen LogP contribution in [0.3, 0.4) is 0 Å². The molecule has 0 aliphatic carbocycles. The first-order valence-electron chi connectivity index (χ1n) is 8.81. The number of amidine groups is 1. The smallest absolute Gasteiger partial charge is 0.323 e. The van der Waals surface area contributed by atoms with Crippen LogP contribution in [0.2, 0.25) is 0 Å². The molecule has 0 aromatic heterocycles. The van der Waals surface area contributed by atoms with Crippen LogP contribution in [-0.4, -0.2) is 61.6 Å². The van der Waals surface area contributed by atoms with Crippen molar-refractivity contribution in [3.63, 3.8) is 0 Å². The predicted molar refractivity (Wildman–Crippen MR) is 109 cm³/mol. The van der Waals surface area contributed by atoms with Gasteiger partial charge in [-0.25, -0.2) is 18.4 Å². The van der Waals surface area contributed by atoms with Gasteiger partial charge in [0, 0.05) is 43.1 Å². The van der Waals surface area contributed by atoms with Crippen molar-refractivity contribution in [2.24, 2.45) is 5.14 Å². The van der Waals surface area contributed by atoms with E-state index in [1.807, 2.05) is 4.90 Å². The van der Waals surface area contributed by atoms with Crippen LogP contribution in [0.25, 0.3) is 0 Å². The Morgan fingerprint density at radius 3 is 2.24 bits per heavy atom. The molecule has 154 valence electrons. The average Bonchev–Trinajstić information content (AvgIpc) is 2.68. The van der Waals surface area contributed by atoms with Gasteiger partial charge in [-0.2, -0.15) is 5.06 Å². The first kappa shape index (κ1) is 20.7. The quantitative estimate of drug-likeness (QED) is 0.373. The zero-order valence-electron chi connectivity index (χ0n) is 15.5. The topological polar surface area (TPSA) is 152 Å². The summed E-state index contributed by atoms with van der Waals surface area (Å²) < 4.78 is 22.5. The Hall–Kier alpha value is -2.99. The number of nitrogens with zero attached hydrogens (tertiary/aromatic N) is 2. The summed E-state index contributed by atoms with van der Waals surface area (Å²) in [6.45, 7) is 2.02. The highest BCUT2D eigenvalue weighted by Gasteiger charge is 2.19. The number of nitrogens with two attached hydrogens (primary N) is 1. The maximum atomic E-state index is 12.2. The Labute approximate surface area is 168 Å². The van der Waals surface area contributed by atoms with Crippen LogP contribution in [-0.2, 0) is 10.0 Å². The van der Waals surface area contributed by atoms with Gasteiger partial charge >= 0.3 is 6.03 Å². The van der Waals surface area contributed by atoms with Crippen LogP contribution in [0.5, 0.6) is 0 Å². The highest BCUT2D eigenvalue weighted by Crippen LogP contribution is 2.16. The van der Waals surface area contributed by atoms with Gasteiger partial charge < -0.3 is 20.7 Å². The number of hydrogen-bond acceptors (Lipinski definition) is 6. The fraction of sp³-hybridized carbons (Fsp3) is 0.222. The largest absolute Gasteiger partial charge is 0.354 e. The van der Waals surface area contributed by atoms with E-state index in [9.17, 15) is 18.4 Å². The summed E-state index contributed by atoms with van der Waals surface area (Å²) in [5, 5.41) is 29.4. The maximum absolute atomic E-state index is 12.2. The number of sulfonamides is 1. The molecule has 1 fully saturated rings. The van der Waals surface area contributed by atoms with Crippen LogP contribution in [0.4, 0.5) is 16.2 Å². The van der Waals surface area contributed by atoms with E-state index < -0.39 is 16.1 Å². The molecule has 1 aliphatic rings. The number of primary sulfonamides is 1. The Bertz CT molecular complexity index is 1000. The van der Waals surface area contributed by atoms with E-state index in [4.69, 9.17) is 10.5 Å². The maximum Gasteiger partial charge on any atom is 0.323 e. The van der Waals surface area contributed by atoms with E-state index in [-0.39, 0.29) is 4.90 Å². The molecule has 1 saturated heterocycles. The summed E-state index contributed by atoms with van der Waals surface area (Å²) in [4.78, 5) is 14.0. The van der Waals surface area contributed by atoms with Crippen molar-refractivity contribution in [1.29, 1.82) is 5.41 Å². The Morgan fingerprint density at radius 2 is 1.62 bits per heavy atom. The summed E-state index contributed by atoms with van der Waals surface area (Å²) in [5.41, 5.74) is 1.55. The molecule has 0 radical (unpaired) electrons. The van der Waals surface area contributed by atoms with Gasteiger partial charge in [0.1, 0.15) is 5.84 Å². The molecular formula is C18H22N6O4S. The van der Waals surface area contributed by atoms with E-state index >= 15 is 0 Å². The number of piperazine rings is 1. The number of amides is 2. The molecule has 10 nitrogen and oxygen atoms in total. The molecule has 1 aliphatic heterocycles. The first-order valence-corrected chi connectivity index (χ1v) is 10.4. The van der Waals surface area contributed by atoms with Crippen molar-refractivity contribution in [2.75, 3.05) is 36.8 Å². The molecule has 2 aromatic rings. The number of carbonyl (C=O) groups excluding carboxylic acids is 1. The van der Waals surface area contributed by atoms with Crippen molar-refractivity contribution >= 4 is 33.3 Å². The molecule has 1 heterocycles. The lowest BCUT2D eigenvalue weighted by Crippen LogP contribution is -2.47. The molecule has 29 heavy (non-hydrogen) atoms. The number of anilines is 2. The predicted octanol–water partition coefficient (Wildman–Crippen LogP) is 1.31. The number of urea groups is 1. The van der Waals surface area contributed by atoms with Gasteiger partial charge in [0.25, 0.3) is 0 Å². The van der Waals surface area contributed by atoms with Gasteiger partial charge in [-0.15, -0.1) is 0 Å². The van der Waals surface area contributed by atoms with Gasteiger partial charge in [-0.3, -0.25) is 5.41 Å². The van der Waals surface area contributed by atoms with Crippen molar-refractivity contribution in [3.8, 4) is 0 Å². The minimum absolute atomic E-state index is 0.0447. The molecule has 0 unspecified atom stereocenters. The second-order valence-electron chi connectivity index (χ2n) is 6.52. The Morgan fingerprint density at radius 1 is 1.00 bits per heavy atom. The molecule has 11 heteroatoms. The SMILES string of the molecule is N=C(c1cccc(NC(=O)Nc2ccc(S(N)(=O)=O)cc2)c1)N1CCN(O)CC1. The lowest BCUT2D eigenvalue weighted by Gasteiger charge is -2.33. The molecule has 0 bridgehead atoms. The summed E-state index contributed by atoms with van der Waals surface area (Å²) in [6.07, 6.45) is 0. The Balaban J connectivity index is 1.62. The fourth-order valence-electron chi connectivity index (χ4n) is 2.87. The molecule has 2 amide bonds. The number of carbonyl (C=O) groups is 1. The van der Waals surface area contributed by atoms with Crippen molar-refractivity contribution in [2.45, 2.75) is 4.90 Å². The van der Waals surface area contributed by atoms with Crippen molar-refractivity contribution in [1.82, 2.24) is 9.96 Å². The minimum atomic E-state index is -3.79. The average molecular weight is 418 g/mol. The molecule has 0 spiro atoms. The standard InChI is InChI=1S/C18H22N6O4S/c19-17(23-8-10-24(26)11-9-23)13-2-1-3-15(12-13)22-18(25)21-14-4-6-16(7-5-14)29(20,27)28/h1-7,12,19,26H,8-11H2,(H2,20,27,28)(H2,21,22,25). The number of rotatable bonds is 4. The van der Waals surface area contributed by atoms with Gasteiger partial charge in [0.05, 0.1) is 4.90 Å². The lowest BCUT2D eigenvalue weighted by molar-refractivity contribution is -0.109. The zero-order chi connectivity index (χ0) is 21.0. The van der Waals surface area contributed by atoms with Gasteiger partial charge in [0.2, 0.25) is 10.0 Å². The van der Waals surface area contributed by atoms with Gasteiger partial charge in [0.15, 0.2) is 0 Å². The van der Waals surface area contributed by atoms with E-state index in [0.717, 1.165) is 0 Å². The second-order valence-corrected chi connectivity index (χ2v) is 8.08. The van der Waals surface area contributed by atoms with Crippen molar-refractivity contribution in [3.05, 3.63) is 54.1 Å². The van der Waals surface area contributed by atoms with Crippen LogP contribution < -0.4 is 15.8 Å². The summed E-state index contributed by atoms with van der Waals surface area (Å²) in [6, 6.07) is 11.9. The lowest BCUT2D eigenvalue weighted by atomic mass is 10.1. The highest BCUT2D eigenvalue weighted by molar-refractivity contribution is 7.89. The van der Waals surface area contributed by atoms with Crippen LogP contribution in [0.1, 0.15) is 5.56 Å².